The smallest absolute Gasteiger partial charge is 0.326 e. The molecule has 0 aromatic rings. The van der Waals surface area contributed by atoms with Crippen molar-refractivity contribution in [2.45, 2.75) is 39.7 Å². The van der Waals surface area contributed by atoms with Crippen molar-refractivity contribution in [1.29, 1.82) is 0 Å². The van der Waals surface area contributed by atoms with Gasteiger partial charge in [-0.1, -0.05) is 26.7 Å². The molecule has 4 heteroatoms. The van der Waals surface area contributed by atoms with Crippen molar-refractivity contribution in [3.63, 3.8) is 0 Å². The number of likely N-dealkylation sites (N-methyl/N-ethyl adjacent to an activating group) is 1. The van der Waals surface area contributed by atoms with E-state index in [4.69, 9.17) is 5.11 Å². The summed E-state index contributed by atoms with van der Waals surface area (Å²) >= 11 is 0. The number of aliphatic carboxylic acids is 1. The van der Waals surface area contributed by atoms with Gasteiger partial charge in [-0.2, -0.15) is 0 Å². The summed E-state index contributed by atoms with van der Waals surface area (Å²) in [5.74, 6) is -0.870. The maximum absolute atomic E-state index is 11.0. The molecule has 4 nitrogen and oxygen atoms in total. The quantitative estimate of drug-likeness (QED) is 0.633. The predicted octanol–water partition coefficient (Wildman–Crippen LogP) is 1.35. The molecule has 0 fully saturated rings. The first-order valence-corrected chi connectivity index (χ1v) is 5.06. The van der Waals surface area contributed by atoms with Crippen LogP contribution in [0.25, 0.3) is 0 Å². The molecule has 1 unspecified atom stereocenters. The molecule has 0 spiro atoms. The molecule has 0 bridgehead atoms. The van der Waals surface area contributed by atoms with Crippen molar-refractivity contribution in [3.05, 3.63) is 0 Å². The van der Waals surface area contributed by atoms with Crippen LogP contribution in [0.15, 0.2) is 0 Å². The van der Waals surface area contributed by atoms with Crippen LogP contribution in [-0.2, 0) is 9.59 Å². The molecule has 0 saturated carbocycles. The van der Waals surface area contributed by atoms with Gasteiger partial charge in [-0.3, -0.25) is 4.79 Å². The minimum atomic E-state index is -0.910. The van der Waals surface area contributed by atoms with Gasteiger partial charge >= 0.3 is 5.97 Å². The predicted molar refractivity (Wildman–Crippen MR) is 53.9 cm³/mol. The van der Waals surface area contributed by atoms with Gasteiger partial charge in [0.2, 0.25) is 6.41 Å². The zero-order valence-corrected chi connectivity index (χ0v) is 9.06. The largest absolute Gasteiger partial charge is 0.480 e. The van der Waals surface area contributed by atoms with E-state index >= 15 is 0 Å². The lowest BCUT2D eigenvalue weighted by Gasteiger charge is -2.29. The SMILES string of the molecule is CCC(CC)C(C(=O)O)N(C=O)CC. The topological polar surface area (TPSA) is 57.6 Å². The second kappa shape index (κ2) is 6.40. The molecular weight excluding hydrogens is 182 g/mol. The van der Waals surface area contributed by atoms with Crippen LogP contribution < -0.4 is 0 Å². The summed E-state index contributed by atoms with van der Waals surface area (Å²) in [6, 6.07) is -0.674. The third kappa shape index (κ3) is 3.01. The first kappa shape index (κ1) is 12.9. The molecular formula is C10H19NO3. The van der Waals surface area contributed by atoms with E-state index in [9.17, 15) is 9.59 Å². The van der Waals surface area contributed by atoms with E-state index in [-0.39, 0.29) is 5.92 Å². The standard InChI is InChI=1S/C10H19NO3/c1-4-8(5-2)9(10(13)14)11(6-3)7-12/h7-9H,4-6H2,1-3H3,(H,13,14). The number of carbonyl (C=O) groups is 2. The molecule has 0 aliphatic heterocycles. The van der Waals surface area contributed by atoms with Gasteiger partial charge in [0.1, 0.15) is 6.04 Å². The van der Waals surface area contributed by atoms with Crippen LogP contribution in [-0.4, -0.2) is 35.0 Å². The van der Waals surface area contributed by atoms with E-state index < -0.39 is 12.0 Å². The fraction of sp³-hybridized carbons (Fsp3) is 0.800. The average molecular weight is 201 g/mol. The zero-order valence-electron chi connectivity index (χ0n) is 9.06. The molecule has 0 heterocycles. The Kier molecular flexibility index (Phi) is 5.92. The average Bonchev–Trinajstić information content (AvgIpc) is 2.18. The van der Waals surface area contributed by atoms with Crippen LogP contribution >= 0.6 is 0 Å². The van der Waals surface area contributed by atoms with Gasteiger partial charge in [0.15, 0.2) is 0 Å². The van der Waals surface area contributed by atoms with Crippen LogP contribution in [0, 0.1) is 5.92 Å². The second-order valence-electron chi connectivity index (χ2n) is 3.30. The van der Waals surface area contributed by atoms with Crippen LogP contribution in [0.3, 0.4) is 0 Å². The molecule has 14 heavy (non-hydrogen) atoms. The summed E-state index contributed by atoms with van der Waals surface area (Å²) in [5.41, 5.74) is 0. The van der Waals surface area contributed by atoms with Crippen LogP contribution in [0.5, 0.6) is 0 Å². The molecule has 1 atom stereocenters. The summed E-state index contributed by atoms with van der Waals surface area (Å²) in [4.78, 5) is 23.0. The van der Waals surface area contributed by atoms with Crippen LogP contribution in [0.1, 0.15) is 33.6 Å². The van der Waals surface area contributed by atoms with Crippen molar-refractivity contribution < 1.29 is 14.7 Å². The third-order valence-electron chi connectivity index (χ3n) is 2.61. The van der Waals surface area contributed by atoms with Gasteiger partial charge in [0.05, 0.1) is 0 Å². The number of hydrogen-bond donors (Lipinski definition) is 1. The molecule has 1 N–H and O–H groups in total. The fourth-order valence-electron chi connectivity index (χ4n) is 1.69. The Bertz CT molecular complexity index is 190. The molecule has 0 aromatic heterocycles. The molecule has 0 saturated heterocycles. The summed E-state index contributed by atoms with van der Waals surface area (Å²) in [5, 5.41) is 9.04. The Hall–Kier alpha value is -1.06. The maximum atomic E-state index is 11.0. The summed E-state index contributed by atoms with van der Waals surface area (Å²) in [6.45, 7) is 6.12. The van der Waals surface area contributed by atoms with Crippen molar-refractivity contribution in [2.24, 2.45) is 5.92 Å². The molecule has 1 amide bonds. The highest BCUT2D eigenvalue weighted by Crippen LogP contribution is 2.17. The maximum Gasteiger partial charge on any atom is 0.326 e. The number of carbonyl (C=O) groups excluding carboxylic acids is 1. The highest BCUT2D eigenvalue weighted by Gasteiger charge is 2.29. The normalized spacial score (nSPS) is 12.6. The molecule has 0 aliphatic carbocycles. The Balaban J connectivity index is 4.71. The summed E-state index contributed by atoms with van der Waals surface area (Å²) in [7, 11) is 0. The number of rotatable bonds is 7. The van der Waals surface area contributed by atoms with E-state index in [1.807, 2.05) is 13.8 Å². The Morgan fingerprint density at radius 2 is 1.86 bits per heavy atom. The van der Waals surface area contributed by atoms with Crippen LogP contribution in [0.4, 0.5) is 0 Å². The van der Waals surface area contributed by atoms with Gasteiger partial charge in [0.25, 0.3) is 0 Å². The van der Waals surface area contributed by atoms with Gasteiger partial charge in [0, 0.05) is 6.54 Å². The number of carboxylic acids is 1. The van der Waals surface area contributed by atoms with Gasteiger partial charge in [-0.15, -0.1) is 0 Å². The van der Waals surface area contributed by atoms with Crippen molar-refractivity contribution in [3.8, 4) is 0 Å². The zero-order chi connectivity index (χ0) is 11.1. The number of nitrogens with zero attached hydrogens (tertiary/aromatic N) is 1. The van der Waals surface area contributed by atoms with Gasteiger partial charge in [-0.25, -0.2) is 4.79 Å². The van der Waals surface area contributed by atoms with E-state index in [1.165, 1.54) is 4.90 Å². The number of carboxylic acid groups (broad SMARTS) is 1. The lowest BCUT2D eigenvalue weighted by molar-refractivity contribution is -0.148. The van der Waals surface area contributed by atoms with Crippen molar-refractivity contribution in [2.75, 3.05) is 6.54 Å². The number of amides is 1. The van der Waals surface area contributed by atoms with E-state index in [0.717, 1.165) is 12.8 Å². The first-order chi connectivity index (χ1) is 6.62. The highest BCUT2D eigenvalue weighted by molar-refractivity contribution is 5.76. The van der Waals surface area contributed by atoms with Gasteiger partial charge in [-0.05, 0) is 12.8 Å². The summed E-state index contributed by atoms with van der Waals surface area (Å²) in [6.07, 6.45) is 2.17. The van der Waals surface area contributed by atoms with Crippen LogP contribution in [0.2, 0.25) is 0 Å². The Morgan fingerprint density at radius 3 is 2.07 bits per heavy atom. The first-order valence-electron chi connectivity index (χ1n) is 5.06. The minimum Gasteiger partial charge on any atom is -0.480 e. The lowest BCUT2D eigenvalue weighted by Crippen LogP contribution is -2.45. The molecule has 0 aliphatic rings. The molecule has 82 valence electrons. The highest BCUT2D eigenvalue weighted by atomic mass is 16.4. The van der Waals surface area contributed by atoms with E-state index in [2.05, 4.69) is 0 Å². The lowest BCUT2D eigenvalue weighted by atomic mass is 9.93. The minimum absolute atomic E-state index is 0.0395. The number of hydrogen-bond acceptors (Lipinski definition) is 2. The Labute approximate surface area is 84.9 Å². The monoisotopic (exact) mass is 201 g/mol. The van der Waals surface area contributed by atoms with Gasteiger partial charge < -0.3 is 10.0 Å². The molecule has 0 aromatic carbocycles. The van der Waals surface area contributed by atoms with Crippen molar-refractivity contribution in [1.82, 2.24) is 4.90 Å². The van der Waals surface area contributed by atoms with E-state index in [1.54, 1.807) is 6.92 Å². The molecule has 0 radical (unpaired) electrons. The molecule has 0 rings (SSSR count). The van der Waals surface area contributed by atoms with Crippen molar-refractivity contribution >= 4 is 12.4 Å². The fourth-order valence-corrected chi connectivity index (χ4v) is 1.69. The summed E-state index contributed by atoms with van der Waals surface area (Å²) < 4.78 is 0. The third-order valence-corrected chi connectivity index (χ3v) is 2.61. The second-order valence-corrected chi connectivity index (χ2v) is 3.30. The van der Waals surface area contributed by atoms with E-state index in [0.29, 0.717) is 13.0 Å². The Morgan fingerprint density at radius 1 is 1.36 bits per heavy atom.